The Morgan fingerprint density at radius 1 is 1.28 bits per heavy atom. The van der Waals surface area contributed by atoms with Crippen molar-refractivity contribution in [2.75, 3.05) is 19.9 Å². The second kappa shape index (κ2) is 5.10. The minimum atomic E-state index is 0.339. The molecule has 3 rings (SSSR count). The number of rotatable bonds is 2. The zero-order chi connectivity index (χ0) is 12.5. The van der Waals surface area contributed by atoms with Gasteiger partial charge in [-0.25, -0.2) is 0 Å². The second-order valence-corrected chi connectivity index (χ2v) is 5.96. The van der Waals surface area contributed by atoms with Crippen molar-refractivity contribution in [2.24, 2.45) is 5.92 Å². The average Bonchev–Trinajstić information content (AvgIpc) is 2.87. The number of fused-ring (bicyclic) bond motifs is 1. The van der Waals surface area contributed by atoms with Gasteiger partial charge >= 0.3 is 0 Å². The van der Waals surface area contributed by atoms with Gasteiger partial charge in [0.25, 0.3) is 0 Å². The smallest absolute Gasteiger partial charge is 0.231 e. The average molecular weight is 312 g/mol. The number of benzene rings is 1. The topological polar surface area (TPSA) is 30.5 Å². The molecular formula is C14H18BrNO2. The van der Waals surface area contributed by atoms with Crippen LogP contribution in [0, 0.1) is 12.8 Å². The molecule has 0 spiro atoms. The first kappa shape index (κ1) is 12.3. The molecule has 0 radical (unpaired) electrons. The monoisotopic (exact) mass is 311 g/mol. The quantitative estimate of drug-likeness (QED) is 0.910. The lowest BCUT2D eigenvalue weighted by Crippen LogP contribution is -2.28. The molecule has 1 saturated heterocycles. The van der Waals surface area contributed by atoms with E-state index in [4.69, 9.17) is 9.47 Å². The molecule has 0 aliphatic carbocycles. The molecule has 2 aliphatic rings. The number of nitrogens with one attached hydrogen (secondary N) is 1. The Balaban J connectivity index is 1.85. The summed E-state index contributed by atoms with van der Waals surface area (Å²) in [6.45, 7) is 4.77. The maximum Gasteiger partial charge on any atom is 0.231 e. The van der Waals surface area contributed by atoms with Gasteiger partial charge in [0.05, 0.1) is 4.47 Å². The Kier molecular flexibility index (Phi) is 3.48. The fourth-order valence-corrected chi connectivity index (χ4v) is 3.39. The van der Waals surface area contributed by atoms with E-state index in [-0.39, 0.29) is 0 Å². The fraction of sp³-hybridized carbons (Fsp3) is 0.571. The van der Waals surface area contributed by atoms with Crippen molar-refractivity contribution in [1.29, 1.82) is 0 Å². The van der Waals surface area contributed by atoms with Crippen molar-refractivity contribution in [3.63, 3.8) is 0 Å². The molecule has 1 N–H and O–H groups in total. The molecule has 4 heteroatoms. The Hall–Kier alpha value is -0.740. The first-order chi connectivity index (χ1) is 8.75. The van der Waals surface area contributed by atoms with Crippen LogP contribution in [0.2, 0.25) is 0 Å². The highest BCUT2D eigenvalue weighted by molar-refractivity contribution is 9.10. The van der Waals surface area contributed by atoms with Crippen LogP contribution in [0.15, 0.2) is 10.5 Å². The fourth-order valence-electron chi connectivity index (χ4n) is 2.82. The van der Waals surface area contributed by atoms with Crippen LogP contribution in [-0.4, -0.2) is 19.9 Å². The largest absolute Gasteiger partial charge is 0.453 e. The zero-order valence-electron chi connectivity index (χ0n) is 10.6. The van der Waals surface area contributed by atoms with Gasteiger partial charge in [0.15, 0.2) is 11.5 Å². The molecule has 1 fully saturated rings. The van der Waals surface area contributed by atoms with Crippen LogP contribution in [0.4, 0.5) is 0 Å². The highest BCUT2D eigenvalue weighted by Crippen LogP contribution is 2.43. The highest BCUT2D eigenvalue weighted by Gasteiger charge is 2.23. The van der Waals surface area contributed by atoms with Gasteiger partial charge in [0, 0.05) is 0 Å². The van der Waals surface area contributed by atoms with Crippen molar-refractivity contribution in [3.8, 4) is 11.5 Å². The van der Waals surface area contributed by atoms with Crippen molar-refractivity contribution in [1.82, 2.24) is 5.32 Å². The summed E-state index contributed by atoms with van der Waals surface area (Å²) in [5, 5.41) is 3.41. The van der Waals surface area contributed by atoms with Gasteiger partial charge in [-0.2, -0.15) is 0 Å². The minimum absolute atomic E-state index is 0.339. The normalized spacial score (nSPS) is 19.2. The van der Waals surface area contributed by atoms with E-state index in [9.17, 15) is 0 Å². The summed E-state index contributed by atoms with van der Waals surface area (Å²) in [5.74, 6) is 2.58. The first-order valence-electron chi connectivity index (χ1n) is 6.54. The van der Waals surface area contributed by atoms with Crippen molar-refractivity contribution < 1.29 is 9.47 Å². The number of ether oxygens (including phenoxy) is 2. The summed E-state index contributed by atoms with van der Waals surface area (Å²) in [6.07, 6.45) is 3.68. The van der Waals surface area contributed by atoms with Crippen molar-refractivity contribution in [2.45, 2.75) is 26.2 Å². The molecule has 0 bridgehead atoms. The lowest BCUT2D eigenvalue weighted by molar-refractivity contribution is 0.173. The van der Waals surface area contributed by atoms with Crippen molar-refractivity contribution >= 4 is 15.9 Å². The van der Waals surface area contributed by atoms with Crippen LogP contribution in [0.1, 0.15) is 24.0 Å². The van der Waals surface area contributed by atoms with Gasteiger partial charge in [0.1, 0.15) is 0 Å². The second-order valence-electron chi connectivity index (χ2n) is 5.10. The van der Waals surface area contributed by atoms with E-state index < -0.39 is 0 Å². The molecule has 3 nitrogen and oxygen atoms in total. The Bertz CT molecular complexity index is 456. The summed E-state index contributed by atoms with van der Waals surface area (Å²) < 4.78 is 12.1. The lowest BCUT2D eigenvalue weighted by atomic mass is 9.89. The van der Waals surface area contributed by atoms with E-state index in [1.165, 1.54) is 24.0 Å². The number of halogens is 1. The molecule has 2 heterocycles. The van der Waals surface area contributed by atoms with Gasteiger partial charge in [0.2, 0.25) is 6.79 Å². The van der Waals surface area contributed by atoms with E-state index in [1.54, 1.807) is 0 Å². The van der Waals surface area contributed by atoms with Gasteiger partial charge in [-0.05, 0) is 78.3 Å². The molecule has 98 valence electrons. The maximum atomic E-state index is 5.58. The number of hydrogen-bond acceptors (Lipinski definition) is 3. The molecule has 1 aromatic carbocycles. The van der Waals surface area contributed by atoms with Gasteiger partial charge < -0.3 is 14.8 Å². The van der Waals surface area contributed by atoms with Crippen LogP contribution in [0.5, 0.6) is 11.5 Å². The van der Waals surface area contributed by atoms with Gasteiger partial charge in [-0.15, -0.1) is 0 Å². The SMILES string of the molecule is Cc1c(CC2CCNCC2)cc(Br)c2c1OCO2. The summed E-state index contributed by atoms with van der Waals surface area (Å²) in [4.78, 5) is 0. The maximum absolute atomic E-state index is 5.58. The van der Waals surface area contributed by atoms with Crippen LogP contribution in [-0.2, 0) is 6.42 Å². The predicted octanol–water partition coefficient (Wildman–Crippen LogP) is 3.03. The predicted molar refractivity (Wildman–Crippen MR) is 74.3 cm³/mol. The third kappa shape index (κ3) is 2.24. The van der Waals surface area contributed by atoms with Gasteiger partial charge in [-0.1, -0.05) is 0 Å². The van der Waals surface area contributed by atoms with E-state index >= 15 is 0 Å². The van der Waals surface area contributed by atoms with E-state index in [0.717, 1.165) is 41.4 Å². The number of piperidine rings is 1. The third-order valence-electron chi connectivity index (χ3n) is 3.92. The highest BCUT2D eigenvalue weighted by atomic mass is 79.9. The summed E-state index contributed by atoms with van der Waals surface area (Å²) in [5.41, 5.74) is 2.63. The van der Waals surface area contributed by atoms with Gasteiger partial charge in [-0.3, -0.25) is 0 Å². The van der Waals surface area contributed by atoms with E-state index in [1.807, 2.05) is 0 Å². The number of hydrogen-bond donors (Lipinski definition) is 1. The molecule has 0 amide bonds. The lowest BCUT2D eigenvalue weighted by Gasteiger charge is -2.23. The minimum Gasteiger partial charge on any atom is -0.453 e. The standard InChI is InChI=1S/C14H18BrNO2/c1-9-11(6-10-2-4-16-5-3-10)7-12(15)14-13(9)17-8-18-14/h7,10,16H,2-6,8H2,1H3. The molecule has 0 saturated carbocycles. The van der Waals surface area contributed by atoms with Crippen molar-refractivity contribution in [3.05, 3.63) is 21.7 Å². The molecule has 0 unspecified atom stereocenters. The summed E-state index contributed by atoms with van der Waals surface area (Å²) in [7, 11) is 0. The van der Waals surface area contributed by atoms with E-state index in [0.29, 0.717) is 6.79 Å². The summed E-state index contributed by atoms with van der Waals surface area (Å²) >= 11 is 3.58. The zero-order valence-corrected chi connectivity index (χ0v) is 12.2. The summed E-state index contributed by atoms with van der Waals surface area (Å²) in [6, 6.07) is 2.20. The Morgan fingerprint density at radius 2 is 2.00 bits per heavy atom. The molecular weight excluding hydrogens is 294 g/mol. The van der Waals surface area contributed by atoms with Crippen LogP contribution in [0.25, 0.3) is 0 Å². The van der Waals surface area contributed by atoms with Crippen LogP contribution >= 0.6 is 15.9 Å². The first-order valence-corrected chi connectivity index (χ1v) is 7.33. The molecule has 0 aromatic heterocycles. The molecule has 2 aliphatic heterocycles. The van der Waals surface area contributed by atoms with Crippen LogP contribution in [0.3, 0.4) is 0 Å². The third-order valence-corrected chi connectivity index (χ3v) is 4.51. The molecule has 18 heavy (non-hydrogen) atoms. The molecule has 0 atom stereocenters. The van der Waals surface area contributed by atoms with Crippen LogP contribution < -0.4 is 14.8 Å². The Morgan fingerprint density at radius 3 is 2.78 bits per heavy atom. The van der Waals surface area contributed by atoms with E-state index in [2.05, 4.69) is 34.2 Å². The molecule has 1 aromatic rings. The Labute approximate surface area is 116 Å².